The van der Waals surface area contributed by atoms with E-state index in [1.54, 1.807) is 7.11 Å². The van der Waals surface area contributed by atoms with E-state index in [1.165, 1.54) is 44.1 Å². The highest BCUT2D eigenvalue weighted by molar-refractivity contribution is 5.34. The second kappa shape index (κ2) is 7.12. The molecule has 20 heavy (non-hydrogen) atoms. The monoisotopic (exact) mass is 275 g/mol. The number of hydrogen-bond donors (Lipinski definition) is 1. The van der Waals surface area contributed by atoms with Crippen molar-refractivity contribution in [2.45, 2.75) is 51.9 Å². The number of rotatable bonds is 6. The van der Waals surface area contributed by atoms with Gasteiger partial charge in [-0.1, -0.05) is 38.0 Å². The van der Waals surface area contributed by atoms with Crippen molar-refractivity contribution in [3.8, 4) is 5.75 Å². The van der Waals surface area contributed by atoms with E-state index in [0.29, 0.717) is 5.41 Å². The molecule has 0 heterocycles. The van der Waals surface area contributed by atoms with Crippen LogP contribution >= 0.6 is 0 Å². The minimum absolute atomic E-state index is 0.291. The minimum Gasteiger partial charge on any atom is -0.496 e. The summed E-state index contributed by atoms with van der Waals surface area (Å²) in [5, 5.41) is 0. The van der Waals surface area contributed by atoms with Gasteiger partial charge in [0.05, 0.1) is 7.11 Å². The summed E-state index contributed by atoms with van der Waals surface area (Å²) in [5.74, 6) is 1.94. The number of nitrogens with two attached hydrogens (primary N) is 1. The lowest BCUT2D eigenvalue weighted by atomic mass is 9.66. The maximum absolute atomic E-state index is 6.16. The highest BCUT2D eigenvalue weighted by Crippen LogP contribution is 2.43. The SMILES string of the molecule is CCCC1CCC(CN)(Cc2ccccc2OC)CC1. The van der Waals surface area contributed by atoms with Crippen LogP contribution < -0.4 is 10.5 Å². The molecule has 2 rings (SSSR count). The average Bonchev–Trinajstić information content (AvgIpc) is 2.50. The first-order valence-electron chi connectivity index (χ1n) is 8.05. The van der Waals surface area contributed by atoms with E-state index in [9.17, 15) is 0 Å². The lowest BCUT2D eigenvalue weighted by Crippen LogP contribution is -2.37. The zero-order chi connectivity index (χ0) is 14.4. The predicted octanol–water partition coefficient (Wildman–Crippen LogP) is 4.17. The summed E-state index contributed by atoms with van der Waals surface area (Å²) in [6, 6.07) is 8.39. The van der Waals surface area contributed by atoms with Crippen LogP contribution in [0.3, 0.4) is 0 Å². The zero-order valence-corrected chi connectivity index (χ0v) is 13.0. The first-order chi connectivity index (χ1) is 9.73. The molecule has 2 heteroatoms. The Morgan fingerprint density at radius 1 is 1.25 bits per heavy atom. The molecule has 1 aliphatic rings. The van der Waals surface area contributed by atoms with Gasteiger partial charge >= 0.3 is 0 Å². The maximum Gasteiger partial charge on any atom is 0.122 e. The molecule has 0 aliphatic heterocycles. The first kappa shape index (κ1) is 15.4. The molecular weight excluding hydrogens is 246 g/mol. The lowest BCUT2D eigenvalue weighted by molar-refractivity contribution is 0.150. The average molecular weight is 275 g/mol. The van der Waals surface area contributed by atoms with Gasteiger partial charge in [0, 0.05) is 0 Å². The van der Waals surface area contributed by atoms with Crippen LogP contribution in [-0.2, 0) is 6.42 Å². The third kappa shape index (κ3) is 3.54. The Kier molecular flexibility index (Phi) is 5.47. The van der Waals surface area contributed by atoms with Gasteiger partial charge in [-0.3, -0.25) is 0 Å². The molecule has 0 radical (unpaired) electrons. The molecule has 0 unspecified atom stereocenters. The van der Waals surface area contributed by atoms with Crippen LogP contribution in [0.15, 0.2) is 24.3 Å². The molecule has 0 atom stereocenters. The number of hydrogen-bond acceptors (Lipinski definition) is 2. The second-order valence-electron chi connectivity index (χ2n) is 6.42. The van der Waals surface area contributed by atoms with Gasteiger partial charge in [-0.15, -0.1) is 0 Å². The molecule has 0 spiro atoms. The fourth-order valence-corrected chi connectivity index (χ4v) is 3.69. The third-order valence-electron chi connectivity index (χ3n) is 5.05. The Hall–Kier alpha value is -1.02. The first-order valence-corrected chi connectivity index (χ1v) is 8.05. The van der Waals surface area contributed by atoms with Gasteiger partial charge in [0.1, 0.15) is 5.75 Å². The van der Waals surface area contributed by atoms with Crippen molar-refractivity contribution in [1.82, 2.24) is 0 Å². The number of methoxy groups -OCH3 is 1. The fraction of sp³-hybridized carbons (Fsp3) is 0.667. The highest BCUT2D eigenvalue weighted by atomic mass is 16.5. The number of benzene rings is 1. The van der Waals surface area contributed by atoms with E-state index in [-0.39, 0.29) is 0 Å². The Balaban J connectivity index is 2.05. The molecule has 1 aromatic rings. The smallest absolute Gasteiger partial charge is 0.122 e. The number of para-hydroxylation sites is 1. The van der Waals surface area contributed by atoms with Crippen molar-refractivity contribution >= 4 is 0 Å². The zero-order valence-electron chi connectivity index (χ0n) is 13.0. The maximum atomic E-state index is 6.16. The Morgan fingerprint density at radius 3 is 2.55 bits per heavy atom. The van der Waals surface area contributed by atoms with Crippen molar-refractivity contribution in [2.75, 3.05) is 13.7 Å². The molecule has 0 aromatic heterocycles. The van der Waals surface area contributed by atoms with Crippen molar-refractivity contribution in [3.63, 3.8) is 0 Å². The quantitative estimate of drug-likeness (QED) is 0.845. The van der Waals surface area contributed by atoms with E-state index in [0.717, 1.165) is 24.6 Å². The minimum atomic E-state index is 0.291. The normalized spacial score (nSPS) is 26.4. The molecule has 0 amide bonds. The van der Waals surface area contributed by atoms with Crippen LogP contribution in [0, 0.1) is 11.3 Å². The van der Waals surface area contributed by atoms with Gasteiger partial charge in [-0.05, 0) is 61.6 Å². The van der Waals surface area contributed by atoms with Crippen molar-refractivity contribution in [1.29, 1.82) is 0 Å². The molecule has 1 aliphatic carbocycles. The Labute approximate surface area is 123 Å². The van der Waals surface area contributed by atoms with Gasteiger partial charge < -0.3 is 10.5 Å². The molecular formula is C18H29NO. The van der Waals surface area contributed by atoms with Crippen LogP contribution in [0.4, 0.5) is 0 Å². The Bertz CT molecular complexity index is 408. The van der Waals surface area contributed by atoms with Crippen molar-refractivity contribution in [3.05, 3.63) is 29.8 Å². The summed E-state index contributed by atoms with van der Waals surface area (Å²) in [6.07, 6.45) is 8.99. The van der Waals surface area contributed by atoms with E-state index >= 15 is 0 Å². The number of ether oxygens (including phenoxy) is 1. The second-order valence-corrected chi connectivity index (χ2v) is 6.42. The molecule has 1 saturated carbocycles. The molecule has 1 fully saturated rings. The predicted molar refractivity (Wildman–Crippen MR) is 85.1 cm³/mol. The van der Waals surface area contributed by atoms with Crippen LogP contribution in [0.2, 0.25) is 0 Å². The summed E-state index contributed by atoms with van der Waals surface area (Å²) in [7, 11) is 1.76. The van der Waals surface area contributed by atoms with Crippen LogP contribution in [0.5, 0.6) is 5.75 Å². The van der Waals surface area contributed by atoms with Crippen LogP contribution in [-0.4, -0.2) is 13.7 Å². The molecule has 2 N–H and O–H groups in total. The molecule has 2 nitrogen and oxygen atoms in total. The topological polar surface area (TPSA) is 35.2 Å². The molecule has 112 valence electrons. The van der Waals surface area contributed by atoms with Gasteiger partial charge in [0.15, 0.2) is 0 Å². The fourth-order valence-electron chi connectivity index (χ4n) is 3.69. The van der Waals surface area contributed by atoms with Crippen LogP contribution in [0.25, 0.3) is 0 Å². The van der Waals surface area contributed by atoms with Crippen molar-refractivity contribution < 1.29 is 4.74 Å². The summed E-state index contributed by atoms with van der Waals surface area (Å²) >= 11 is 0. The van der Waals surface area contributed by atoms with Gasteiger partial charge in [-0.2, -0.15) is 0 Å². The molecule has 1 aromatic carbocycles. The summed E-state index contributed by atoms with van der Waals surface area (Å²) < 4.78 is 5.50. The van der Waals surface area contributed by atoms with Gasteiger partial charge in [-0.25, -0.2) is 0 Å². The molecule has 0 bridgehead atoms. The standard InChI is InChI=1S/C18H29NO/c1-3-6-15-9-11-18(14-19,12-10-15)13-16-7-4-5-8-17(16)20-2/h4-5,7-8,15H,3,6,9-14,19H2,1-2H3. The van der Waals surface area contributed by atoms with Gasteiger partial charge in [0.2, 0.25) is 0 Å². The molecule has 0 saturated heterocycles. The largest absolute Gasteiger partial charge is 0.496 e. The summed E-state index contributed by atoms with van der Waals surface area (Å²) in [4.78, 5) is 0. The lowest BCUT2D eigenvalue weighted by Gasteiger charge is -2.40. The Morgan fingerprint density at radius 2 is 1.95 bits per heavy atom. The summed E-state index contributed by atoms with van der Waals surface area (Å²) in [5.41, 5.74) is 7.76. The van der Waals surface area contributed by atoms with E-state index in [1.807, 2.05) is 6.07 Å². The van der Waals surface area contributed by atoms with Crippen molar-refractivity contribution in [2.24, 2.45) is 17.1 Å². The van der Waals surface area contributed by atoms with E-state index < -0.39 is 0 Å². The van der Waals surface area contributed by atoms with Crippen LogP contribution in [0.1, 0.15) is 51.0 Å². The highest BCUT2D eigenvalue weighted by Gasteiger charge is 2.34. The van der Waals surface area contributed by atoms with Gasteiger partial charge in [0.25, 0.3) is 0 Å². The summed E-state index contributed by atoms with van der Waals surface area (Å²) in [6.45, 7) is 3.09. The van der Waals surface area contributed by atoms with E-state index in [4.69, 9.17) is 10.5 Å². The third-order valence-corrected chi connectivity index (χ3v) is 5.05. The van der Waals surface area contributed by atoms with E-state index in [2.05, 4.69) is 25.1 Å².